The summed E-state index contributed by atoms with van der Waals surface area (Å²) in [5.41, 5.74) is 1.52. The van der Waals surface area contributed by atoms with E-state index in [1.54, 1.807) is 12.1 Å². The Balaban J connectivity index is 2.36. The van der Waals surface area contributed by atoms with Gasteiger partial charge in [0.05, 0.1) is 25.3 Å². The maximum absolute atomic E-state index is 13.2. The van der Waals surface area contributed by atoms with Crippen LogP contribution >= 0.6 is 11.3 Å². The summed E-state index contributed by atoms with van der Waals surface area (Å²) in [7, 11) is 1.42. The molecule has 0 aliphatic carbocycles. The molecule has 17 heavy (non-hydrogen) atoms. The summed E-state index contributed by atoms with van der Waals surface area (Å²) in [5.74, 6) is -0.204. The zero-order valence-electron chi connectivity index (χ0n) is 9.11. The highest BCUT2D eigenvalue weighted by Crippen LogP contribution is 2.28. The molecule has 2 rings (SSSR count). The molecule has 0 N–H and O–H groups in total. The molecular formula is C12H9FN2OS. The molecule has 1 heterocycles. The van der Waals surface area contributed by atoms with Crippen molar-refractivity contribution in [2.45, 2.75) is 6.42 Å². The van der Waals surface area contributed by atoms with Crippen LogP contribution in [0.25, 0.3) is 10.6 Å². The van der Waals surface area contributed by atoms with Gasteiger partial charge in [0.15, 0.2) is 11.6 Å². The second-order valence-electron chi connectivity index (χ2n) is 3.33. The van der Waals surface area contributed by atoms with E-state index in [1.807, 2.05) is 11.4 Å². The van der Waals surface area contributed by atoms with Crippen LogP contribution in [-0.2, 0) is 6.42 Å². The number of hydrogen-bond acceptors (Lipinski definition) is 4. The van der Waals surface area contributed by atoms with Crippen molar-refractivity contribution in [2.24, 2.45) is 0 Å². The molecule has 0 bridgehead atoms. The summed E-state index contributed by atoms with van der Waals surface area (Å²) in [6.45, 7) is 0. The minimum absolute atomic E-state index is 0.194. The van der Waals surface area contributed by atoms with Crippen molar-refractivity contribution in [3.63, 3.8) is 0 Å². The number of aromatic nitrogens is 1. The van der Waals surface area contributed by atoms with E-state index in [1.165, 1.54) is 24.5 Å². The van der Waals surface area contributed by atoms with Crippen LogP contribution in [0.15, 0.2) is 23.6 Å². The van der Waals surface area contributed by atoms with Crippen LogP contribution in [-0.4, -0.2) is 12.1 Å². The van der Waals surface area contributed by atoms with Gasteiger partial charge in [0.25, 0.3) is 0 Å². The number of thiazole rings is 1. The molecule has 0 unspecified atom stereocenters. The number of halogens is 1. The lowest BCUT2D eigenvalue weighted by Crippen LogP contribution is -1.89. The second-order valence-corrected chi connectivity index (χ2v) is 4.19. The van der Waals surface area contributed by atoms with E-state index in [2.05, 4.69) is 4.98 Å². The molecule has 86 valence electrons. The largest absolute Gasteiger partial charge is 0.494 e. The molecule has 0 atom stereocenters. The lowest BCUT2D eigenvalue weighted by atomic mass is 10.2. The van der Waals surface area contributed by atoms with Crippen LogP contribution in [0.4, 0.5) is 4.39 Å². The molecular weight excluding hydrogens is 239 g/mol. The van der Waals surface area contributed by atoms with Crippen molar-refractivity contribution in [3.8, 4) is 22.4 Å². The Hall–Kier alpha value is -1.93. The zero-order chi connectivity index (χ0) is 12.3. The Bertz CT molecular complexity index is 574. The van der Waals surface area contributed by atoms with Crippen LogP contribution in [0, 0.1) is 17.1 Å². The molecule has 2 aromatic rings. The number of nitriles is 1. The summed E-state index contributed by atoms with van der Waals surface area (Å²) in [6.07, 6.45) is 0.287. The van der Waals surface area contributed by atoms with E-state index in [0.717, 1.165) is 16.3 Å². The molecule has 5 heteroatoms. The number of nitrogens with zero attached hydrogens (tertiary/aromatic N) is 2. The number of hydrogen-bond donors (Lipinski definition) is 0. The van der Waals surface area contributed by atoms with Crippen molar-refractivity contribution in [2.75, 3.05) is 7.11 Å². The maximum atomic E-state index is 13.2. The molecule has 1 aromatic carbocycles. The van der Waals surface area contributed by atoms with Crippen molar-refractivity contribution >= 4 is 11.3 Å². The minimum Gasteiger partial charge on any atom is -0.494 e. The van der Waals surface area contributed by atoms with Gasteiger partial charge in [-0.25, -0.2) is 9.37 Å². The maximum Gasteiger partial charge on any atom is 0.165 e. The first kappa shape index (κ1) is 11.6. The summed E-state index contributed by atoms with van der Waals surface area (Å²) < 4.78 is 18.1. The molecule has 0 saturated heterocycles. The Morgan fingerprint density at radius 2 is 2.35 bits per heavy atom. The Morgan fingerprint density at radius 3 is 3.06 bits per heavy atom. The van der Waals surface area contributed by atoms with Gasteiger partial charge in [-0.2, -0.15) is 5.26 Å². The van der Waals surface area contributed by atoms with Crippen molar-refractivity contribution in [1.82, 2.24) is 4.98 Å². The van der Waals surface area contributed by atoms with E-state index < -0.39 is 5.82 Å². The monoisotopic (exact) mass is 248 g/mol. The number of methoxy groups -OCH3 is 1. The average molecular weight is 248 g/mol. The molecule has 0 aliphatic heterocycles. The van der Waals surface area contributed by atoms with Gasteiger partial charge in [-0.1, -0.05) is 0 Å². The fourth-order valence-electron chi connectivity index (χ4n) is 1.39. The first-order valence-electron chi connectivity index (χ1n) is 4.90. The normalized spacial score (nSPS) is 9.94. The second kappa shape index (κ2) is 4.93. The summed E-state index contributed by atoms with van der Waals surface area (Å²) in [5, 5.41) is 11.1. The van der Waals surface area contributed by atoms with Gasteiger partial charge >= 0.3 is 0 Å². The number of ether oxygens (including phenoxy) is 1. The molecule has 0 fully saturated rings. The van der Waals surface area contributed by atoms with E-state index in [4.69, 9.17) is 10.00 Å². The van der Waals surface area contributed by atoms with Crippen LogP contribution in [0.2, 0.25) is 0 Å². The lowest BCUT2D eigenvalue weighted by molar-refractivity contribution is 0.387. The number of benzene rings is 1. The smallest absolute Gasteiger partial charge is 0.165 e. The standard InChI is InChI=1S/C12H9FN2OS/c1-16-11-6-8(2-3-10(11)13)12-15-9(4-5-14)7-17-12/h2-3,6-7H,4H2,1H3. The van der Waals surface area contributed by atoms with E-state index in [0.29, 0.717) is 0 Å². The SMILES string of the molecule is COc1cc(-c2nc(CC#N)cs2)ccc1F. The Morgan fingerprint density at radius 1 is 1.53 bits per heavy atom. The topological polar surface area (TPSA) is 45.9 Å². The first-order chi connectivity index (χ1) is 8.24. The molecule has 0 amide bonds. The summed E-state index contributed by atoms with van der Waals surface area (Å²) in [6, 6.07) is 6.63. The predicted octanol–water partition coefficient (Wildman–Crippen LogP) is 3.02. The third-order valence-corrected chi connectivity index (χ3v) is 3.15. The third-order valence-electron chi connectivity index (χ3n) is 2.21. The van der Waals surface area contributed by atoms with Crippen LogP contribution in [0.5, 0.6) is 5.75 Å². The highest BCUT2D eigenvalue weighted by Gasteiger charge is 2.08. The third kappa shape index (κ3) is 2.43. The van der Waals surface area contributed by atoms with Gasteiger partial charge in [-0.15, -0.1) is 11.3 Å². The molecule has 0 radical (unpaired) electrons. The quantitative estimate of drug-likeness (QED) is 0.838. The van der Waals surface area contributed by atoms with E-state index in [9.17, 15) is 4.39 Å². The fourth-order valence-corrected chi connectivity index (χ4v) is 2.21. The van der Waals surface area contributed by atoms with E-state index in [-0.39, 0.29) is 12.2 Å². The summed E-state index contributed by atoms with van der Waals surface area (Å²) in [4.78, 5) is 4.29. The first-order valence-corrected chi connectivity index (χ1v) is 5.78. The number of rotatable bonds is 3. The molecule has 1 aromatic heterocycles. The molecule has 3 nitrogen and oxygen atoms in total. The van der Waals surface area contributed by atoms with Gasteiger partial charge in [0.2, 0.25) is 0 Å². The van der Waals surface area contributed by atoms with Crippen LogP contribution in [0.3, 0.4) is 0 Å². The van der Waals surface area contributed by atoms with E-state index >= 15 is 0 Å². The van der Waals surface area contributed by atoms with Crippen LogP contribution in [0.1, 0.15) is 5.69 Å². The van der Waals surface area contributed by atoms with Crippen molar-refractivity contribution in [1.29, 1.82) is 5.26 Å². The van der Waals surface area contributed by atoms with Crippen molar-refractivity contribution < 1.29 is 9.13 Å². The van der Waals surface area contributed by atoms with Gasteiger partial charge in [0, 0.05) is 10.9 Å². The molecule has 0 saturated carbocycles. The zero-order valence-corrected chi connectivity index (χ0v) is 9.92. The van der Waals surface area contributed by atoms with Crippen molar-refractivity contribution in [3.05, 3.63) is 35.1 Å². The van der Waals surface area contributed by atoms with Crippen LogP contribution < -0.4 is 4.74 Å². The Kier molecular flexibility index (Phi) is 3.35. The minimum atomic E-state index is -0.398. The molecule has 0 aliphatic rings. The Labute approximate surface area is 102 Å². The van der Waals surface area contributed by atoms with Gasteiger partial charge in [-0.3, -0.25) is 0 Å². The molecule has 0 spiro atoms. The average Bonchev–Trinajstić information content (AvgIpc) is 2.79. The summed E-state index contributed by atoms with van der Waals surface area (Å²) >= 11 is 1.43. The predicted molar refractivity (Wildman–Crippen MR) is 63.4 cm³/mol. The fraction of sp³-hybridized carbons (Fsp3) is 0.167. The highest BCUT2D eigenvalue weighted by atomic mass is 32.1. The van der Waals surface area contributed by atoms with Gasteiger partial charge in [-0.05, 0) is 18.2 Å². The highest BCUT2D eigenvalue weighted by molar-refractivity contribution is 7.13. The lowest BCUT2D eigenvalue weighted by Gasteiger charge is -2.03. The van der Waals surface area contributed by atoms with Gasteiger partial charge < -0.3 is 4.74 Å². The van der Waals surface area contributed by atoms with Gasteiger partial charge in [0.1, 0.15) is 5.01 Å².